The number of thiophene rings is 1. The molecule has 2 aromatic heterocycles. The van der Waals surface area contributed by atoms with Crippen molar-refractivity contribution < 1.29 is 18.7 Å². The molecule has 1 amide bonds. The second-order valence-corrected chi connectivity index (χ2v) is 8.14. The number of thioether (sulfide) groups is 1. The summed E-state index contributed by atoms with van der Waals surface area (Å²) in [5.74, 6) is 0.591. The van der Waals surface area contributed by atoms with Gasteiger partial charge in [0.15, 0.2) is 5.76 Å². The Balaban J connectivity index is 1.66. The zero-order valence-electron chi connectivity index (χ0n) is 15.0. The zero-order valence-corrected chi connectivity index (χ0v) is 16.7. The molecule has 5 nitrogen and oxygen atoms in total. The third-order valence-electron chi connectivity index (χ3n) is 4.08. The van der Waals surface area contributed by atoms with Crippen molar-refractivity contribution in [2.45, 2.75) is 29.2 Å². The number of unbranched alkanes of at least 4 members (excludes halogenated alkanes) is 1. The van der Waals surface area contributed by atoms with Gasteiger partial charge in [-0.15, -0.1) is 23.1 Å². The maximum Gasteiger partial charge on any atom is 0.305 e. The number of carbonyl (C=O) groups is 2. The molecule has 0 saturated heterocycles. The van der Waals surface area contributed by atoms with Crippen molar-refractivity contribution in [1.29, 1.82) is 0 Å². The van der Waals surface area contributed by atoms with E-state index in [1.54, 1.807) is 23.1 Å². The highest BCUT2D eigenvalue weighted by Gasteiger charge is 2.20. The highest BCUT2D eigenvalue weighted by molar-refractivity contribution is 8.00. The normalized spacial score (nSPS) is 10.9. The second-order valence-electron chi connectivity index (χ2n) is 5.92. The van der Waals surface area contributed by atoms with Gasteiger partial charge in [0.25, 0.3) is 5.91 Å². The number of amides is 1. The maximum atomic E-state index is 12.6. The van der Waals surface area contributed by atoms with Gasteiger partial charge in [-0.25, -0.2) is 0 Å². The van der Waals surface area contributed by atoms with Gasteiger partial charge in [0.2, 0.25) is 0 Å². The van der Waals surface area contributed by atoms with Crippen LogP contribution in [0.25, 0.3) is 11.0 Å². The van der Waals surface area contributed by atoms with Crippen LogP contribution in [0.1, 0.15) is 35.4 Å². The molecule has 0 fully saturated rings. The molecule has 0 aliphatic heterocycles. The van der Waals surface area contributed by atoms with Crippen LogP contribution in [-0.4, -0.2) is 25.5 Å². The molecule has 0 saturated carbocycles. The summed E-state index contributed by atoms with van der Waals surface area (Å²) >= 11 is 3.38. The average molecular weight is 404 g/mol. The van der Waals surface area contributed by atoms with Crippen LogP contribution in [-0.2, 0) is 15.3 Å². The van der Waals surface area contributed by atoms with Gasteiger partial charge in [-0.05, 0) is 30.4 Å². The van der Waals surface area contributed by atoms with Gasteiger partial charge in [-0.3, -0.25) is 9.59 Å². The molecule has 1 aromatic carbocycles. The Morgan fingerprint density at radius 2 is 2.04 bits per heavy atom. The molecular formula is C20H21NO4S2. The van der Waals surface area contributed by atoms with E-state index in [4.69, 9.17) is 4.42 Å². The van der Waals surface area contributed by atoms with E-state index in [2.05, 4.69) is 16.1 Å². The molecule has 27 heavy (non-hydrogen) atoms. The van der Waals surface area contributed by atoms with Crippen LogP contribution in [0.2, 0.25) is 0 Å². The predicted octanol–water partition coefficient (Wildman–Crippen LogP) is 4.86. The van der Waals surface area contributed by atoms with Gasteiger partial charge in [0.1, 0.15) is 5.58 Å². The summed E-state index contributed by atoms with van der Waals surface area (Å²) in [6.45, 7) is 0.490. The maximum absolute atomic E-state index is 12.6. The zero-order chi connectivity index (χ0) is 19.1. The van der Waals surface area contributed by atoms with Crippen LogP contribution < -0.4 is 5.32 Å². The number of ether oxygens (including phenoxy) is 1. The Morgan fingerprint density at radius 3 is 2.81 bits per heavy atom. The lowest BCUT2D eigenvalue weighted by molar-refractivity contribution is -0.140. The number of rotatable bonds is 9. The van der Waals surface area contributed by atoms with Gasteiger partial charge < -0.3 is 14.5 Å². The Hall–Kier alpha value is -2.25. The fraction of sp³-hybridized carbons (Fsp3) is 0.300. The van der Waals surface area contributed by atoms with E-state index in [9.17, 15) is 9.59 Å². The van der Waals surface area contributed by atoms with Crippen molar-refractivity contribution in [2.75, 3.05) is 13.7 Å². The van der Waals surface area contributed by atoms with Gasteiger partial charge in [0.05, 0.1) is 11.3 Å². The van der Waals surface area contributed by atoms with Gasteiger partial charge >= 0.3 is 5.97 Å². The van der Waals surface area contributed by atoms with Crippen molar-refractivity contribution in [1.82, 2.24) is 5.32 Å². The molecule has 142 valence electrons. The lowest BCUT2D eigenvalue weighted by Gasteiger charge is -2.05. The SMILES string of the molecule is COC(=O)CCCCNC(=O)c1oc2ccccc2c1CSc1cccs1. The topological polar surface area (TPSA) is 68.5 Å². The first-order valence-electron chi connectivity index (χ1n) is 8.70. The highest BCUT2D eigenvalue weighted by Crippen LogP contribution is 2.33. The van der Waals surface area contributed by atoms with Gasteiger partial charge in [-0.1, -0.05) is 24.3 Å². The fourth-order valence-corrected chi connectivity index (χ4v) is 4.51. The summed E-state index contributed by atoms with van der Waals surface area (Å²) in [5, 5.41) is 5.90. The van der Waals surface area contributed by atoms with Gasteiger partial charge in [0, 0.05) is 29.7 Å². The van der Waals surface area contributed by atoms with E-state index in [0.717, 1.165) is 16.5 Å². The number of methoxy groups -OCH3 is 1. The Kier molecular flexibility index (Phi) is 6.95. The monoisotopic (exact) mass is 403 g/mol. The lowest BCUT2D eigenvalue weighted by atomic mass is 10.1. The number of fused-ring (bicyclic) bond motifs is 1. The van der Waals surface area contributed by atoms with Crippen LogP contribution >= 0.6 is 23.1 Å². The van der Waals surface area contributed by atoms with Crippen LogP contribution in [0.15, 0.2) is 50.4 Å². The summed E-state index contributed by atoms with van der Waals surface area (Å²) in [6, 6.07) is 11.8. The number of nitrogens with one attached hydrogen (secondary N) is 1. The predicted molar refractivity (Wildman–Crippen MR) is 108 cm³/mol. The molecule has 1 N–H and O–H groups in total. The Labute approximate surface area is 166 Å². The van der Waals surface area contributed by atoms with E-state index in [0.29, 0.717) is 37.3 Å². The lowest BCUT2D eigenvalue weighted by Crippen LogP contribution is -2.25. The van der Waals surface area contributed by atoms with E-state index in [1.165, 1.54) is 11.3 Å². The van der Waals surface area contributed by atoms with E-state index in [1.807, 2.05) is 35.7 Å². The highest BCUT2D eigenvalue weighted by atomic mass is 32.2. The largest absolute Gasteiger partial charge is 0.469 e. The van der Waals surface area contributed by atoms with Crippen LogP contribution in [0.3, 0.4) is 0 Å². The molecule has 0 spiro atoms. The number of furan rings is 1. The minimum atomic E-state index is -0.230. The molecule has 0 aliphatic carbocycles. The number of para-hydroxylation sites is 1. The number of carbonyl (C=O) groups excluding carboxylic acids is 2. The minimum Gasteiger partial charge on any atom is -0.469 e. The third kappa shape index (κ3) is 5.14. The molecule has 0 bridgehead atoms. The second kappa shape index (κ2) is 9.62. The molecule has 3 aromatic rings. The van der Waals surface area contributed by atoms with Crippen LogP contribution in [0, 0.1) is 0 Å². The molecule has 0 radical (unpaired) electrons. The number of esters is 1. The summed E-state index contributed by atoms with van der Waals surface area (Å²) in [6.07, 6.45) is 1.74. The fourth-order valence-electron chi connectivity index (χ4n) is 2.69. The quantitative estimate of drug-likeness (QED) is 0.314. The Morgan fingerprint density at radius 1 is 1.19 bits per heavy atom. The smallest absolute Gasteiger partial charge is 0.305 e. The summed E-state index contributed by atoms with van der Waals surface area (Å²) in [5.41, 5.74) is 1.63. The molecular weight excluding hydrogens is 382 g/mol. The molecule has 0 unspecified atom stereocenters. The summed E-state index contributed by atoms with van der Waals surface area (Å²) in [7, 11) is 1.38. The average Bonchev–Trinajstić information content (AvgIpc) is 3.33. The first-order valence-corrected chi connectivity index (χ1v) is 10.6. The number of benzene rings is 1. The molecule has 0 aliphatic rings. The first-order chi connectivity index (χ1) is 13.2. The van der Waals surface area contributed by atoms with Crippen molar-refractivity contribution in [3.8, 4) is 0 Å². The van der Waals surface area contributed by atoms with Gasteiger partial charge in [-0.2, -0.15) is 0 Å². The third-order valence-corrected chi connectivity index (χ3v) is 6.24. The number of hydrogen-bond acceptors (Lipinski definition) is 6. The number of hydrogen-bond donors (Lipinski definition) is 1. The van der Waals surface area contributed by atoms with E-state index >= 15 is 0 Å². The Bertz CT molecular complexity index is 902. The van der Waals surface area contributed by atoms with Crippen molar-refractivity contribution in [3.63, 3.8) is 0 Å². The molecule has 0 atom stereocenters. The van der Waals surface area contributed by atoms with Crippen molar-refractivity contribution in [3.05, 3.63) is 53.1 Å². The first kappa shape index (κ1) is 19.5. The van der Waals surface area contributed by atoms with E-state index in [-0.39, 0.29) is 11.9 Å². The molecule has 3 rings (SSSR count). The van der Waals surface area contributed by atoms with E-state index < -0.39 is 0 Å². The van der Waals surface area contributed by atoms with Crippen LogP contribution in [0.4, 0.5) is 0 Å². The van der Waals surface area contributed by atoms with Crippen molar-refractivity contribution >= 4 is 45.9 Å². The summed E-state index contributed by atoms with van der Waals surface area (Å²) in [4.78, 5) is 23.8. The molecule has 7 heteroatoms. The molecule has 2 heterocycles. The van der Waals surface area contributed by atoms with Crippen LogP contribution in [0.5, 0.6) is 0 Å². The minimum absolute atomic E-state index is 0.217. The summed E-state index contributed by atoms with van der Waals surface area (Å²) < 4.78 is 11.7. The van der Waals surface area contributed by atoms with Crippen molar-refractivity contribution in [2.24, 2.45) is 0 Å². The standard InChI is InChI=1S/C20H21NO4S2/c1-24-17(22)9-4-5-11-21-20(23)19-15(13-27-18-10-6-12-26-18)14-7-2-3-8-16(14)25-19/h2-3,6-8,10,12H,4-5,9,11,13H2,1H3,(H,21,23).